The van der Waals surface area contributed by atoms with E-state index in [2.05, 4.69) is 19.2 Å². The highest BCUT2D eigenvalue weighted by Gasteiger charge is 2.20. The summed E-state index contributed by atoms with van der Waals surface area (Å²) in [6.45, 7) is 7.96. The summed E-state index contributed by atoms with van der Waals surface area (Å²) in [5.74, 6) is 0.609. The van der Waals surface area contributed by atoms with E-state index in [0.717, 1.165) is 22.4 Å². The molecule has 0 unspecified atom stereocenters. The van der Waals surface area contributed by atoms with Gasteiger partial charge in [0.15, 0.2) is 0 Å². The Morgan fingerprint density at radius 1 is 1.19 bits per heavy atom. The van der Waals surface area contributed by atoms with Crippen LogP contribution < -0.4 is 10.1 Å². The first-order chi connectivity index (χ1) is 12.6. The summed E-state index contributed by atoms with van der Waals surface area (Å²) in [5.41, 5.74) is 2.88. The van der Waals surface area contributed by atoms with E-state index in [1.807, 2.05) is 26.0 Å². The molecule has 0 aliphatic rings. The Hall–Kier alpha value is -2.60. The van der Waals surface area contributed by atoms with Crippen molar-refractivity contribution in [1.29, 1.82) is 0 Å². The zero-order valence-corrected chi connectivity index (χ0v) is 16.8. The number of ether oxygens (including phenoxy) is 1. The highest BCUT2D eigenvalue weighted by atomic mass is 35.5. The van der Waals surface area contributed by atoms with Gasteiger partial charge in [-0.05, 0) is 54.7 Å². The van der Waals surface area contributed by atoms with Gasteiger partial charge in [0.1, 0.15) is 5.75 Å². The molecule has 0 spiro atoms. The van der Waals surface area contributed by atoms with E-state index < -0.39 is 10.8 Å². The predicted octanol–water partition coefficient (Wildman–Crippen LogP) is 5.18. The van der Waals surface area contributed by atoms with Crippen molar-refractivity contribution in [3.05, 3.63) is 67.7 Å². The predicted molar refractivity (Wildman–Crippen MR) is 106 cm³/mol. The summed E-state index contributed by atoms with van der Waals surface area (Å²) in [6.07, 6.45) is 0. The summed E-state index contributed by atoms with van der Waals surface area (Å²) in [5, 5.41) is 14.0. The molecule has 0 aliphatic carbocycles. The Balaban J connectivity index is 2.33. The van der Waals surface area contributed by atoms with Crippen LogP contribution in [0.3, 0.4) is 0 Å². The molecular weight excluding hydrogens is 368 g/mol. The van der Waals surface area contributed by atoms with Crippen molar-refractivity contribution in [2.24, 2.45) is 0 Å². The summed E-state index contributed by atoms with van der Waals surface area (Å²) >= 11 is 6.06. The van der Waals surface area contributed by atoms with Gasteiger partial charge in [-0.15, -0.1) is 0 Å². The zero-order chi connectivity index (χ0) is 20.3. The minimum atomic E-state index is -0.556. The number of nitrogens with zero attached hydrogens (tertiary/aromatic N) is 1. The van der Waals surface area contributed by atoms with Gasteiger partial charge in [0.05, 0.1) is 28.7 Å². The Morgan fingerprint density at radius 3 is 2.41 bits per heavy atom. The first-order valence-electron chi connectivity index (χ1n) is 8.59. The Labute approximate surface area is 163 Å². The third-order valence-electron chi connectivity index (χ3n) is 4.46. The number of rotatable bonds is 6. The first kappa shape index (κ1) is 20.7. The fourth-order valence-corrected chi connectivity index (χ4v) is 3.17. The van der Waals surface area contributed by atoms with Gasteiger partial charge >= 0.3 is 0 Å². The number of methoxy groups -OCH3 is 1. The largest absolute Gasteiger partial charge is 0.496 e. The first-order valence-corrected chi connectivity index (χ1v) is 8.96. The molecule has 2 rings (SSSR count). The van der Waals surface area contributed by atoms with Crippen LogP contribution in [0.5, 0.6) is 5.75 Å². The fourth-order valence-electron chi connectivity index (χ4n) is 2.96. The Bertz CT molecular complexity index is 881. The SMILES string of the molecule is COc1cc(C)c([C@@H](C)NC(=O)c2cc([N+](=O)[O-])ccc2Cl)cc1C(C)C. The van der Waals surface area contributed by atoms with E-state index >= 15 is 0 Å². The van der Waals surface area contributed by atoms with Crippen molar-refractivity contribution in [2.75, 3.05) is 7.11 Å². The van der Waals surface area contributed by atoms with Crippen LogP contribution in [-0.2, 0) is 0 Å². The third kappa shape index (κ3) is 4.57. The number of hydrogen-bond donors (Lipinski definition) is 1. The molecule has 1 atom stereocenters. The zero-order valence-electron chi connectivity index (χ0n) is 16.0. The van der Waals surface area contributed by atoms with Crippen molar-refractivity contribution in [3.63, 3.8) is 0 Å². The minimum absolute atomic E-state index is 0.0768. The van der Waals surface area contributed by atoms with E-state index in [-0.39, 0.29) is 28.2 Å². The molecule has 0 aromatic heterocycles. The molecule has 2 aromatic carbocycles. The number of carbonyl (C=O) groups is 1. The van der Waals surface area contributed by atoms with E-state index in [4.69, 9.17) is 16.3 Å². The lowest BCUT2D eigenvalue weighted by Crippen LogP contribution is -2.27. The summed E-state index contributed by atoms with van der Waals surface area (Å²) in [7, 11) is 1.63. The second-order valence-corrected chi connectivity index (χ2v) is 7.13. The maximum absolute atomic E-state index is 12.6. The molecule has 0 aliphatic heterocycles. The molecule has 0 saturated heterocycles. The summed E-state index contributed by atoms with van der Waals surface area (Å²) in [4.78, 5) is 23.0. The number of aryl methyl sites for hydroxylation is 1. The van der Waals surface area contributed by atoms with Crippen molar-refractivity contribution in [3.8, 4) is 5.75 Å². The highest BCUT2D eigenvalue weighted by Crippen LogP contribution is 2.32. The van der Waals surface area contributed by atoms with Gasteiger partial charge in [0.25, 0.3) is 11.6 Å². The minimum Gasteiger partial charge on any atom is -0.496 e. The van der Waals surface area contributed by atoms with Gasteiger partial charge in [0.2, 0.25) is 0 Å². The lowest BCUT2D eigenvalue weighted by atomic mass is 9.93. The van der Waals surface area contributed by atoms with Gasteiger partial charge in [-0.25, -0.2) is 0 Å². The standard InChI is InChI=1S/C20H23ClN2O4/c1-11(2)15-10-16(12(3)8-19(15)27-5)13(4)22-20(24)17-9-14(23(25)26)6-7-18(17)21/h6-11,13H,1-5H3,(H,22,24)/t13-/m1/s1. The molecule has 6 nitrogen and oxygen atoms in total. The number of carbonyl (C=O) groups excluding carboxylic acids is 1. The quantitative estimate of drug-likeness (QED) is 0.544. The van der Waals surface area contributed by atoms with Gasteiger partial charge in [-0.3, -0.25) is 14.9 Å². The number of nitro benzene ring substituents is 1. The smallest absolute Gasteiger partial charge is 0.270 e. The number of nitro groups is 1. The van der Waals surface area contributed by atoms with Crippen molar-refractivity contribution in [2.45, 2.75) is 39.7 Å². The normalized spacial score (nSPS) is 12.0. The van der Waals surface area contributed by atoms with Crippen LogP contribution in [0, 0.1) is 17.0 Å². The van der Waals surface area contributed by atoms with Crippen molar-refractivity contribution >= 4 is 23.2 Å². The molecule has 144 valence electrons. The summed E-state index contributed by atoms with van der Waals surface area (Å²) < 4.78 is 5.46. The molecule has 0 fully saturated rings. The van der Waals surface area contributed by atoms with Crippen LogP contribution in [-0.4, -0.2) is 17.9 Å². The molecule has 0 bridgehead atoms. The number of hydrogen-bond acceptors (Lipinski definition) is 4. The van der Waals surface area contributed by atoms with Crippen LogP contribution >= 0.6 is 11.6 Å². The molecule has 0 heterocycles. The summed E-state index contributed by atoms with van der Waals surface area (Å²) in [6, 6.07) is 7.48. The second-order valence-electron chi connectivity index (χ2n) is 6.72. The molecule has 1 N–H and O–H groups in total. The maximum atomic E-state index is 12.6. The molecule has 7 heteroatoms. The van der Waals surface area contributed by atoms with Crippen LogP contribution in [0.1, 0.15) is 59.8 Å². The van der Waals surface area contributed by atoms with Gasteiger partial charge < -0.3 is 10.1 Å². The topological polar surface area (TPSA) is 81.5 Å². The lowest BCUT2D eigenvalue weighted by Gasteiger charge is -2.21. The van der Waals surface area contributed by atoms with E-state index in [9.17, 15) is 14.9 Å². The average Bonchev–Trinajstić information content (AvgIpc) is 2.60. The van der Waals surface area contributed by atoms with Crippen LogP contribution in [0.4, 0.5) is 5.69 Å². The highest BCUT2D eigenvalue weighted by molar-refractivity contribution is 6.34. The fraction of sp³-hybridized carbons (Fsp3) is 0.350. The van der Waals surface area contributed by atoms with E-state index in [1.165, 1.54) is 18.2 Å². The number of amides is 1. The van der Waals surface area contributed by atoms with E-state index in [0.29, 0.717) is 0 Å². The Kier molecular flexibility index (Phi) is 6.44. The van der Waals surface area contributed by atoms with Crippen LogP contribution in [0.15, 0.2) is 30.3 Å². The maximum Gasteiger partial charge on any atom is 0.270 e. The molecular formula is C20H23ClN2O4. The molecule has 0 saturated carbocycles. The molecule has 27 heavy (non-hydrogen) atoms. The molecule has 0 radical (unpaired) electrons. The number of benzene rings is 2. The second kappa shape index (κ2) is 8.39. The lowest BCUT2D eigenvalue weighted by molar-refractivity contribution is -0.384. The molecule has 2 aromatic rings. The monoisotopic (exact) mass is 390 g/mol. The van der Waals surface area contributed by atoms with Gasteiger partial charge in [0, 0.05) is 12.1 Å². The van der Waals surface area contributed by atoms with Gasteiger partial charge in [-0.1, -0.05) is 25.4 Å². The van der Waals surface area contributed by atoms with Crippen molar-refractivity contribution < 1.29 is 14.5 Å². The average molecular weight is 391 g/mol. The van der Waals surface area contributed by atoms with Gasteiger partial charge in [-0.2, -0.15) is 0 Å². The third-order valence-corrected chi connectivity index (χ3v) is 4.79. The number of non-ortho nitro benzene ring substituents is 1. The Morgan fingerprint density at radius 2 is 1.85 bits per heavy atom. The van der Waals surface area contributed by atoms with E-state index in [1.54, 1.807) is 7.11 Å². The van der Waals surface area contributed by atoms with Crippen LogP contribution in [0.2, 0.25) is 5.02 Å². The van der Waals surface area contributed by atoms with Crippen LogP contribution in [0.25, 0.3) is 0 Å². The number of halogens is 1. The van der Waals surface area contributed by atoms with Crippen molar-refractivity contribution in [1.82, 2.24) is 5.32 Å². The number of nitrogens with one attached hydrogen (secondary N) is 1. The molecule has 1 amide bonds.